The Kier molecular flexibility index (Phi) is 10.0. The summed E-state index contributed by atoms with van der Waals surface area (Å²) < 4.78 is 0. The molecule has 0 aromatic rings. The zero-order valence-electron chi connectivity index (χ0n) is 12.7. The molecular formula is C14H28N2O4. The first-order valence-electron chi connectivity index (χ1n) is 7.26. The van der Waals surface area contributed by atoms with Gasteiger partial charge in [-0.1, -0.05) is 33.6 Å². The van der Waals surface area contributed by atoms with Gasteiger partial charge in [-0.15, -0.1) is 0 Å². The molecule has 118 valence electrons. The number of hydroxylamine groups is 2. The summed E-state index contributed by atoms with van der Waals surface area (Å²) in [7, 11) is 0. The number of aliphatic hydroxyl groups excluding tert-OH is 1. The van der Waals surface area contributed by atoms with Crippen molar-refractivity contribution in [1.29, 1.82) is 0 Å². The van der Waals surface area contributed by atoms with E-state index in [0.717, 1.165) is 12.8 Å². The van der Waals surface area contributed by atoms with Crippen LogP contribution in [0.15, 0.2) is 0 Å². The summed E-state index contributed by atoms with van der Waals surface area (Å²) in [6.07, 6.45) is 3.38. The average Bonchev–Trinajstić information content (AvgIpc) is 2.41. The molecule has 6 nitrogen and oxygen atoms in total. The van der Waals surface area contributed by atoms with Crippen molar-refractivity contribution in [2.45, 2.75) is 52.5 Å². The number of hydrogen-bond donors (Lipinski definition) is 3. The van der Waals surface area contributed by atoms with Crippen LogP contribution in [0.4, 0.5) is 0 Å². The molecule has 6 heteroatoms. The molecule has 0 aromatic carbocycles. The minimum atomic E-state index is -0.452. The van der Waals surface area contributed by atoms with Crippen LogP contribution < -0.4 is 5.32 Å². The van der Waals surface area contributed by atoms with E-state index in [1.165, 1.54) is 0 Å². The highest BCUT2D eigenvalue weighted by atomic mass is 16.5. The van der Waals surface area contributed by atoms with Crippen LogP contribution in [-0.4, -0.2) is 46.9 Å². The maximum atomic E-state index is 12.2. The Hall–Kier alpha value is -1.14. The van der Waals surface area contributed by atoms with Crippen LogP contribution in [0.25, 0.3) is 0 Å². The first kappa shape index (κ1) is 18.9. The monoisotopic (exact) mass is 288 g/mol. The van der Waals surface area contributed by atoms with Crippen molar-refractivity contribution in [3.8, 4) is 0 Å². The Morgan fingerprint density at radius 2 is 2.05 bits per heavy atom. The molecule has 1 unspecified atom stereocenters. The van der Waals surface area contributed by atoms with Crippen LogP contribution in [-0.2, 0) is 9.59 Å². The van der Waals surface area contributed by atoms with Crippen molar-refractivity contribution >= 4 is 12.3 Å². The molecule has 0 aliphatic heterocycles. The predicted octanol–water partition coefficient (Wildman–Crippen LogP) is 1.16. The van der Waals surface area contributed by atoms with Gasteiger partial charge in [0.2, 0.25) is 12.3 Å². The van der Waals surface area contributed by atoms with E-state index >= 15 is 0 Å². The quantitative estimate of drug-likeness (QED) is 0.302. The van der Waals surface area contributed by atoms with E-state index in [1.807, 2.05) is 20.8 Å². The van der Waals surface area contributed by atoms with Crippen molar-refractivity contribution in [3.05, 3.63) is 0 Å². The van der Waals surface area contributed by atoms with Gasteiger partial charge in [0.1, 0.15) is 0 Å². The number of hydrogen-bond acceptors (Lipinski definition) is 4. The van der Waals surface area contributed by atoms with Gasteiger partial charge in [-0.2, -0.15) is 0 Å². The van der Waals surface area contributed by atoms with Gasteiger partial charge >= 0.3 is 0 Å². The maximum absolute atomic E-state index is 12.2. The molecule has 0 spiro atoms. The normalized spacial score (nSPS) is 13.9. The van der Waals surface area contributed by atoms with Crippen LogP contribution in [0.5, 0.6) is 0 Å². The van der Waals surface area contributed by atoms with Gasteiger partial charge in [0.25, 0.3) is 0 Å². The number of carbonyl (C=O) groups is 2. The molecule has 0 aromatic heterocycles. The fourth-order valence-corrected chi connectivity index (χ4v) is 2.09. The molecule has 0 aliphatic rings. The van der Waals surface area contributed by atoms with Crippen LogP contribution >= 0.6 is 0 Å². The second kappa shape index (κ2) is 10.6. The van der Waals surface area contributed by atoms with Crippen molar-refractivity contribution in [2.24, 2.45) is 11.8 Å². The zero-order chi connectivity index (χ0) is 15.5. The number of nitrogens with zero attached hydrogens (tertiary/aromatic N) is 1. The lowest BCUT2D eigenvalue weighted by molar-refractivity contribution is -0.154. The molecule has 0 saturated carbocycles. The van der Waals surface area contributed by atoms with Gasteiger partial charge in [0, 0.05) is 0 Å². The lowest BCUT2D eigenvalue weighted by Crippen LogP contribution is -2.44. The molecule has 0 radical (unpaired) electrons. The third kappa shape index (κ3) is 8.12. The van der Waals surface area contributed by atoms with E-state index in [2.05, 4.69) is 5.32 Å². The number of nitrogens with one attached hydrogen (secondary N) is 1. The molecule has 3 N–H and O–H groups in total. The Labute approximate surface area is 121 Å². The summed E-state index contributed by atoms with van der Waals surface area (Å²) in [5.41, 5.74) is 0. The van der Waals surface area contributed by atoms with Crippen LogP contribution in [0, 0.1) is 11.8 Å². The Morgan fingerprint density at radius 1 is 1.40 bits per heavy atom. The summed E-state index contributed by atoms with van der Waals surface area (Å²) in [5, 5.41) is 21.8. The van der Waals surface area contributed by atoms with E-state index in [0.29, 0.717) is 30.2 Å². The lowest BCUT2D eigenvalue weighted by Gasteiger charge is -2.24. The molecule has 20 heavy (non-hydrogen) atoms. The number of unbranched alkanes of at least 4 members (excludes halogenated alkanes) is 1. The minimum Gasteiger partial charge on any atom is -0.394 e. The van der Waals surface area contributed by atoms with E-state index in [1.54, 1.807) is 0 Å². The molecule has 0 rings (SSSR count). The average molecular weight is 288 g/mol. The van der Waals surface area contributed by atoms with E-state index < -0.39 is 5.92 Å². The molecule has 0 aliphatic carbocycles. The van der Waals surface area contributed by atoms with Gasteiger partial charge in [0.05, 0.1) is 25.1 Å². The van der Waals surface area contributed by atoms with E-state index in [9.17, 15) is 19.9 Å². The topological polar surface area (TPSA) is 89.9 Å². The molecule has 0 bridgehead atoms. The fourth-order valence-electron chi connectivity index (χ4n) is 2.09. The Balaban J connectivity index is 4.53. The summed E-state index contributed by atoms with van der Waals surface area (Å²) in [5.74, 6) is -0.309. The van der Waals surface area contributed by atoms with Gasteiger partial charge in [-0.25, -0.2) is 5.06 Å². The largest absolute Gasteiger partial charge is 0.394 e. The highest BCUT2D eigenvalue weighted by Gasteiger charge is 2.23. The van der Waals surface area contributed by atoms with Crippen molar-refractivity contribution in [1.82, 2.24) is 10.4 Å². The van der Waals surface area contributed by atoms with Crippen LogP contribution in [0.2, 0.25) is 0 Å². The predicted molar refractivity (Wildman–Crippen MR) is 76.0 cm³/mol. The van der Waals surface area contributed by atoms with Gasteiger partial charge < -0.3 is 10.4 Å². The van der Waals surface area contributed by atoms with Crippen LogP contribution in [0.3, 0.4) is 0 Å². The number of aliphatic hydroxyl groups is 1. The van der Waals surface area contributed by atoms with E-state index in [4.69, 9.17) is 0 Å². The SMILES string of the molecule is CCCCC(CN(O)C=O)C(=O)N[C@H](CO)CC(C)C. The molecular weight excluding hydrogens is 260 g/mol. The van der Waals surface area contributed by atoms with Crippen molar-refractivity contribution in [3.63, 3.8) is 0 Å². The first-order valence-corrected chi connectivity index (χ1v) is 7.26. The second-order valence-corrected chi connectivity index (χ2v) is 5.58. The van der Waals surface area contributed by atoms with Gasteiger partial charge in [-0.3, -0.25) is 14.8 Å². The van der Waals surface area contributed by atoms with E-state index in [-0.39, 0.29) is 25.1 Å². The first-order chi connectivity index (χ1) is 9.44. The third-order valence-corrected chi connectivity index (χ3v) is 3.13. The highest BCUT2D eigenvalue weighted by Crippen LogP contribution is 2.12. The summed E-state index contributed by atoms with van der Waals surface area (Å²) in [6.45, 7) is 5.92. The fraction of sp³-hybridized carbons (Fsp3) is 0.857. The zero-order valence-corrected chi connectivity index (χ0v) is 12.7. The summed E-state index contributed by atoms with van der Waals surface area (Å²) in [4.78, 5) is 22.6. The standard InChI is InChI=1S/C14H28N2O4/c1-4-5-6-12(8-16(20)10-18)14(19)15-13(9-17)7-11(2)3/h10-13,17,20H,4-9H2,1-3H3,(H,15,19)/t12?,13-/m0/s1. The molecule has 2 amide bonds. The number of rotatable bonds is 11. The summed E-state index contributed by atoms with van der Waals surface area (Å²) in [6, 6.07) is -0.282. The minimum absolute atomic E-state index is 0.0187. The second-order valence-electron chi connectivity index (χ2n) is 5.58. The smallest absolute Gasteiger partial charge is 0.233 e. The highest BCUT2D eigenvalue weighted by molar-refractivity contribution is 5.79. The lowest BCUT2D eigenvalue weighted by atomic mass is 9.99. The van der Waals surface area contributed by atoms with Gasteiger partial charge in [0.15, 0.2) is 0 Å². The van der Waals surface area contributed by atoms with Gasteiger partial charge in [-0.05, 0) is 18.8 Å². The molecule has 0 saturated heterocycles. The number of amides is 2. The Morgan fingerprint density at radius 3 is 2.50 bits per heavy atom. The van der Waals surface area contributed by atoms with Crippen molar-refractivity contribution in [2.75, 3.05) is 13.2 Å². The van der Waals surface area contributed by atoms with Crippen molar-refractivity contribution < 1.29 is 19.9 Å². The molecule has 0 fully saturated rings. The van der Waals surface area contributed by atoms with Crippen LogP contribution in [0.1, 0.15) is 46.5 Å². The molecule has 2 atom stereocenters. The third-order valence-electron chi connectivity index (χ3n) is 3.13. The molecule has 0 heterocycles. The maximum Gasteiger partial charge on any atom is 0.233 e. The number of carbonyl (C=O) groups excluding carboxylic acids is 2. The summed E-state index contributed by atoms with van der Waals surface area (Å²) >= 11 is 0. The Bertz CT molecular complexity index is 284.